The fourth-order valence-electron chi connectivity index (χ4n) is 6.45. The largest absolute Gasteiger partial charge is 0.456 e. The van der Waals surface area contributed by atoms with Crippen LogP contribution in [0.3, 0.4) is 0 Å². The number of fused-ring (bicyclic) bond motifs is 4. The first-order valence-electron chi connectivity index (χ1n) is 14.6. The van der Waals surface area contributed by atoms with Crippen molar-refractivity contribution in [3.05, 3.63) is 144 Å². The van der Waals surface area contributed by atoms with Crippen molar-refractivity contribution in [1.82, 2.24) is 15.1 Å². The number of allylic oxidation sites excluding steroid dienone is 3. The molecule has 2 amide bonds. The second-order valence-corrected chi connectivity index (χ2v) is 11.4. The van der Waals surface area contributed by atoms with Crippen molar-refractivity contribution >= 4 is 45.0 Å². The summed E-state index contributed by atoms with van der Waals surface area (Å²) >= 11 is 0. The van der Waals surface area contributed by atoms with Gasteiger partial charge in [0.2, 0.25) is 0 Å². The van der Waals surface area contributed by atoms with Crippen molar-refractivity contribution in [3.8, 4) is 0 Å². The minimum atomic E-state index is -0.236. The van der Waals surface area contributed by atoms with Gasteiger partial charge in [-0.2, -0.15) is 0 Å². The molecule has 1 N–H and O–H groups in total. The number of benzene rings is 4. The summed E-state index contributed by atoms with van der Waals surface area (Å²) < 4.78 is 6.09. The van der Waals surface area contributed by atoms with Gasteiger partial charge in [0.15, 0.2) is 0 Å². The van der Waals surface area contributed by atoms with Crippen LogP contribution in [0, 0.1) is 0 Å². The highest BCUT2D eigenvalue weighted by Crippen LogP contribution is 2.34. The number of furan rings is 1. The Labute approximate surface area is 249 Å². The van der Waals surface area contributed by atoms with Gasteiger partial charge in [0.05, 0.1) is 17.8 Å². The lowest BCUT2D eigenvalue weighted by molar-refractivity contribution is 0.202. The second kappa shape index (κ2) is 9.88. The normalized spacial score (nSPS) is 21.5. The van der Waals surface area contributed by atoms with E-state index in [-0.39, 0.29) is 24.3 Å². The summed E-state index contributed by atoms with van der Waals surface area (Å²) in [7, 11) is 3.74. The Kier molecular flexibility index (Phi) is 5.83. The molecule has 43 heavy (non-hydrogen) atoms. The number of urea groups is 1. The number of likely N-dealkylation sites (N-methyl/N-ethyl adjacent to an activating group) is 2. The van der Waals surface area contributed by atoms with Crippen LogP contribution in [0.25, 0.3) is 33.2 Å². The Morgan fingerprint density at radius 3 is 2.40 bits per heavy atom. The molecule has 0 bridgehead atoms. The molecule has 3 aliphatic rings. The summed E-state index contributed by atoms with van der Waals surface area (Å²) in [5.41, 5.74) is 9.09. The van der Waals surface area contributed by atoms with Crippen LogP contribution in [-0.4, -0.2) is 47.7 Å². The van der Waals surface area contributed by atoms with Gasteiger partial charge < -0.3 is 19.5 Å². The standard InChI is InChI=1S/C37H30N4O2/c1-40-32-17-15-25(21-33(32)41(2)37(40)42)24-11-8-12-26(19-24)30-22-31(39-36(38-30)23-9-4-3-5-10-23)27-16-18-35-29(20-27)28-13-6-7-14-34(28)43-35/h3-22,32-33,36,39H,1-2H3. The maximum Gasteiger partial charge on any atom is 0.320 e. The van der Waals surface area contributed by atoms with Gasteiger partial charge in [-0.3, -0.25) is 4.99 Å². The van der Waals surface area contributed by atoms with Crippen molar-refractivity contribution in [2.24, 2.45) is 4.99 Å². The molecule has 6 nitrogen and oxygen atoms in total. The second-order valence-electron chi connectivity index (χ2n) is 11.4. The average Bonchev–Trinajstić information content (AvgIpc) is 3.54. The number of carbonyl (C=O) groups excluding carboxylic acids is 1. The number of hydrogen-bond donors (Lipinski definition) is 1. The molecule has 4 aromatic carbocycles. The predicted molar refractivity (Wildman–Crippen MR) is 173 cm³/mol. The molecule has 1 fully saturated rings. The zero-order chi connectivity index (χ0) is 29.1. The van der Waals surface area contributed by atoms with Crippen LogP contribution < -0.4 is 5.32 Å². The summed E-state index contributed by atoms with van der Waals surface area (Å²) in [6.07, 6.45) is 8.37. The third-order valence-corrected chi connectivity index (χ3v) is 8.81. The molecule has 0 spiro atoms. The summed E-state index contributed by atoms with van der Waals surface area (Å²) in [5.74, 6) is 0. The summed E-state index contributed by atoms with van der Waals surface area (Å²) in [6.45, 7) is 0. The van der Waals surface area contributed by atoms with E-state index in [9.17, 15) is 4.79 Å². The van der Waals surface area contributed by atoms with Gasteiger partial charge in [-0.15, -0.1) is 0 Å². The first-order valence-corrected chi connectivity index (χ1v) is 14.6. The highest BCUT2D eigenvalue weighted by Gasteiger charge is 2.40. The quantitative estimate of drug-likeness (QED) is 0.248. The third-order valence-electron chi connectivity index (χ3n) is 8.81. The van der Waals surface area contributed by atoms with E-state index >= 15 is 0 Å². The summed E-state index contributed by atoms with van der Waals surface area (Å²) in [4.78, 5) is 21.3. The van der Waals surface area contributed by atoms with Gasteiger partial charge >= 0.3 is 6.03 Å². The lowest BCUT2D eigenvalue weighted by atomic mass is 9.92. The van der Waals surface area contributed by atoms with E-state index in [0.717, 1.165) is 61.2 Å². The highest BCUT2D eigenvalue weighted by molar-refractivity contribution is 6.14. The molecule has 1 aliphatic carbocycles. The molecular formula is C37H30N4O2. The number of nitrogens with zero attached hydrogens (tertiary/aromatic N) is 3. The van der Waals surface area contributed by atoms with Gasteiger partial charge in [0.1, 0.15) is 17.3 Å². The number of aliphatic imine (C=N–C) groups is 1. The number of para-hydroxylation sites is 1. The number of carbonyl (C=O) groups is 1. The number of amides is 2. The van der Waals surface area contributed by atoms with E-state index in [2.05, 4.69) is 84.2 Å². The summed E-state index contributed by atoms with van der Waals surface area (Å²) in [6, 6.07) is 33.5. The van der Waals surface area contributed by atoms with Gasteiger partial charge in [0, 0.05) is 36.1 Å². The van der Waals surface area contributed by atoms with Crippen LogP contribution in [0.15, 0.2) is 131 Å². The number of nitrogens with one attached hydrogen (secondary N) is 1. The Hall–Kier alpha value is -5.36. The monoisotopic (exact) mass is 562 g/mol. The maximum absolute atomic E-state index is 12.5. The molecule has 1 saturated heterocycles. The summed E-state index contributed by atoms with van der Waals surface area (Å²) in [5, 5.41) is 5.88. The van der Waals surface area contributed by atoms with Gasteiger partial charge in [0.25, 0.3) is 0 Å². The molecule has 0 saturated carbocycles. The van der Waals surface area contributed by atoms with Crippen LogP contribution in [0.4, 0.5) is 4.79 Å². The number of rotatable bonds is 4. The molecule has 1 aromatic heterocycles. The first-order chi connectivity index (χ1) is 21.0. The third kappa shape index (κ3) is 4.26. The Morgan fingerprint density at radius 1 is 0.744 bits per heavy atom. The predicted octanol–water partition coefficient (Wildman–Crippen LogP) is 7.41. The molecule has 3 heterocycles. The van der Waals surface area contributed by atoms with Crippen molar-refractivity contribution in [2.45, 2.75) is 18.2 Å². The molecule has 8 rings (SSSR count). The topological polar surface area (TPSA) is 61.1 Å². The van der Waals surface area contributed by atoms with Crippen LogP contribution >= 0.6 is 0 Å². The van der Waals surface area contributed by atoms with Crippen molar-refractivity contribution in [2.75, 3.05) is 14.1 Å². The fourth-order valence-corrected chi connectivity index (χ4v) is 6.45. The Bertz CT molecular complexity index is 2030. The Morgan fingerprint density at radius 2 is 1.51 bits per heavy atom. The molecule has 2 aliphatic heterocycles. The van der Waals surface area contributed by atoms with E-state index in [1.807, 2.05) is 61.5 Å². The van der Waals surface area contributed by atoms with E-state index in [0.29, 0.717) is 0 Å². The zero-order valence-electron chi connectivity index (χ0n) is 23.9. The number of hydrogen-bond acceptors (Lipinski definition) is 4. The minimum Gasteiger partial charge on any atom is -0.456 e. The fraction of sp³-hybridized carbons (Fsp3) is 0.135. The van der Waals surface area contributed by atoms with Gasteiger partial charge in [-0.05, 0) is 58.7 Å². The van der Waals surface area contributed by atoms with E-state index in [1.54, 1.807) is 4.90 Å². The lowest BCUT2D eigenvalue weighted by Crippen LogP contribution is -2.33. The SMILES string of the molecule is CN1C(=O)N(C)C2C=C(c3cccc(C4=NC(c5ccccc5)NC(c5ccc6oc7ccccc7c6c5)=C4)c3)C=CC21. The molecule has 6 heteroatoms. The van der Waals surface area contributed by atoms with Crippen LogP contribution in [-0.2, 0) is 0 Å². The van der Waals surface area contributed by atoms with Crippen LogP contribution in [0.1, 0.15) is 28.4 Å². The first kappa shape index (κ1) is 25.4. The van der Waals surface area contributed by atoms with Crippen molar-refractivity contribution < 1.29 is 9.21 Å². The van der Waals surface area contributed by atoms with E-state index < -0.39 is 0 Å². The maximum atomic E-state index is 12.5. The molecule has 3 atom stereocenters. The highest BCUT2D eigenvalue weighted by atomic mass is 16.3. The smallest absolute Gasteiger partial charge is 0.320 e. The molecule has 210 valence electrons. The van der Waals surface area contributed by atoms with Gasteiger partial charge in [-0.1, -0.05) is 85.0 Å². The Balaban J connectivity index is 1.20. The van der Waals surface area contributed by atoms with Crippen molar-refractivity contribution in [3.63, 3.8) is 0 Å². The molecule has 0 radical (unpaired) electrons. The molecule has 3 unspecified atom stereocenters. The van der Waals surface area contributed by atoms with E-state index in [1.165, 1.54) is 0 Å². The molecule has 5 aromatic rings. The lowest BCUT2D eigenvalue weighted by Gasteiger charge is -2.26. The van der Waals surface area contributed by atoms with Gasteiger partial charge in [-0.25, -0.2) is 4.79 Å². The van der Waals surface area contributed by atoms with E-state index in [4.69, 9.17) is 9.41 Å². The minimum absolute atomic E-state index is 0.0141. The van der Waals surface area contributed by atoms with Crippen LogP contribution in [0.2, 0.25) is 0 Å². The van der Waals surface area contributed by atoms with Crippen LogP contribution in [0.5, 0.6) is 0 Å². The van der Waals surface area contributed by atoms with Crippen molar-refractivity contribution in [1.29, 1.82) is 0 Å². The molecular weight excluding hydrogens is 532 g/mol. The average molecular weight is 563 g/mol. The zero-order valence-corrected chi connectivity index (χ0v) is 23.9.